The molecule has 5 rings (SSSR count). The van der Waals surface area contributed by atoms with Crippen LogP contribution in [-0.2, 0) is 0 Å². The number of rotatable bonds is 5. The molecule has 2 heterocycles. The van der Waals surface area contributed by atoms with Gasteiger partial charge in [0.15, 0.2) is 0 Å². The highest BCUT2D eigenvalue weighted by molar-refractivity contribution is 9.10. The Morgan fingerprint density at radius 3 is 2.50 bits per heavy atom. The first-order chi connectivity index (χ1) is 16.2. The summed E-state index contributed by atoms with van der Waals surface area (Å²) in [6.45, 7) is 5.66. The van der Waals surface area contributed by atoms with E-state index in [-0.39, 0.29) is 12.4 Å². The van der Waals surface area contributed by atoms with Crippen molar-refractivity contribution in [2.75, 3.05) is 44.6 Å². The van der Waals surface area contributed by atoms with Gasteiger partial charge in [-0.3, -0.25) is 4.90 Å². The van der Waals surface area contributed by atoms with E-state index < -0.39 is 0 Å². The molecule has 0 amide bonds. The monoisotopic (exact) mass is 560 g/mol. The quantitative estimate of drug-likeness (QED) is 0.350. The van der Waals surface area contributed by atoms with Gasteiger partial charge in [0.2, 0.25) is 0 Å². The number of aliphatic imine (C=N–C) groups is 1. The highest BCUT2D eigenvalue weighted by Crippen LogP contribution is 2.36. The summed E-state index contributed by atoms with van der Waals surface area (Å²) in [4.78, 5) is 9.96. The van der Waals surface area contributed by atoms with E-state index in [4.69, 9.17) is 21.3 Å². The van der Waals surface area contributed by atoms with Crippen LogP contribution in [0.25, 0.3) is 0 Å². The molecular formula is C26H27BrCl2N4O. The Morgan fingerprint density at radius 1 is 0.941 bits per heavy atom. The van der Waals surface area contributed by atoms with E-state index in [0.717, 1.165) is 84.4 Å². The van der Waals surface area contributed by atoms with Crippen LogP contribution >= 0.6 is 39.9 Å². The Balaban J connectivity index is 0.00000274. The Hall–Kier alpha value is -2.25. The van der Waals surface area contributed by atoms with Crippen molar-refractivity contribution in [1.82, 2.24) is 9.80 Å². The number of hydrogen-bond donors (Lipinski definition) is 1. The summed E-state index contributed by atoms with van der Waals surface area (Å²) < 4.78 is 6.94. The zero-order valence-corrected chi connectivity index (χ0v) is 21.9. The SMILES string of the molecule is Cl.Clc1ccc2c(c1)N=C(N1CCN(CCCOc3ccc(Br)cc3)CC1)c1ccccc1N2. The molecule has 0 bridgehead atoms. The first-order valence-electron chi connectivity index (χ1n) is 11.3. The van der Waals surface area contributed by atoms with Gasteiger partial charge >= 0.3 is 0 Å². The Kier molecular flexibility index (Phi) is 8.37. The fourth-order valence-corrected chi connectivity index (χ4v) is 4.67. The van der Waals surface area contributed by atoms with Gasteiger partial charge < -0.3 is 15.0 Å². The van der Waals surface area contributed by atoms with E-state index in [1.807, 2.05) is 42.5 Å². The van der Waals surface area contributed by atoms with E-state index in [2.05, 4.69) is 55.3 Å². The highest BCUT2D eigenvalue weighted by Gasteiger charge is 2.24. The van der Waals surface area contributed by atoms with Gasteiger partial charge in [-0.1, -0.05) is 39.7 Å². The van der Waals surface area contributed by atoms with E-state index in [1.54, 1.807) is 0 Å². The second kappa shape index (κ2) is 11.5. The van der Waals surface area contributed by atoms with Crippen LogP contribution in [0.1, 0.15) is 12.0 Å². The number of fused-ring (bicyclic) bond motifs is 2. The molecule has 1 N–H and O–H groups in total. The lowest BCUT2D eigenvalue weighted by Crippen LogP contribution is -2.49. The Bertz CT molecular complexity index is 1150. The van der Waals surface area contributed by atoms with Gasteiger partial charge in [-0.25, -0.2) is 4.99 Å². The summed E-state index contributed by atoms with van der Waals surface area (Å²) in [5, 5.41) is 4.23. The number of benzene rings is 3. The van der Waals surface area contributed by atoms with Crippen molar-refractivity contribution in [3.05, 3.63) is 81.8 Å². The molecular weight excluding hydrogens is 535 g/mol. The number of amidine groups is 1. The first kappa shape index (κ1) is 24.9. The number of para-hydroxylation sites is 1. The van der Waals surface area contributed by atoms with Crippen molar-refractivity contribution in [3.63, 3.8) is 0 Å². The number of anilines is 2. The number of piperazine rings is 1. The fourth-order valence-electron chi connectivity index (χ4n) is 4.24. The molecule has 0 saturated carbocycles. The first-order valence-corrected chi connectivity index (χ1v) is 12.4. The maximum absolute atomic E-state index is 6.27. The third-order valence-electron chi connectivity index (χ3n) is 6.00. The van der Waals surface area contributed by atoms with Crippen LogP contribution in [0.4, 0.5) is 17.1 Å². The summed E-state index contributed by atoms with van der Waals surface area (Å²) in [6.07, 6.45) is 1.01. The van der Waals surface area contributed by atoms with Gasteiger partial charge in [0.05, 0.1) is 18.0 Å². The number of halogens is 3. The van der Waals surface area contributed by atoms with Crippen LogP contribution in [-0.4, -0.2) is 55.0 Å². The summed E-state index contributed by atoms with van der Waals surface area (Å²) in [7, 11) is 0. The van der Waals surface area contributed by atoms with E-state index >= 15 is 0 Å². The van der Waals surface area contributed by atoms with Gasteiger partial charge in [-0.15, -0.1) is 12.4 Å². The number of hydrogen-bond acceptors (Lipinski definition) is 5. The second-order valence-electron chi connectivity index (χ2n) is 8.25. The van der Waals surface area contributed by atoms with Crippen LogP contribution in [0.5, 0.6) is 5.75 Å². The lowest BCUT2D eigenvalue weighted by atomic mass is 10.1. The van der Waals surface area contributed by atoms with Gasteiger partial charge in [0, 0.05) is 53.5 Å². The number of ether oxygens (including phenoxy) is 1. The van der Waals surface area contributed by atoms with E-state index in [1.165, 1.54) is 0 Å². The zero-order valence-electron chi connectivity index (χ0n) is 18.7. The molecule has 5 nitrogen and oxygen atoms in total. The van der Waals surface area contributed by atoms with Crippen molar-refractivity contribution in [3.8, 4) is 5.75 Å². The summed E-state index contributed by atoms with van der Waals surface area (Å²) >= 11 is 9.72. The predicted molar refractivity (Wildman–Crippen MR) is 147 cm³/mol. The molecule has 2 aliphatic heterocycles. The van der Waals surface area contributed by atoms with Crippen LogP contribution in [0.2, 0.25) is 5.02 Å². The average Bonchev–Trinajstić information content (AvgIpc) is 3.00. The summed E-state index contributed by atoms with van der Waals surface area (Å²) in [5.74, 6) is 1.93. The molecule has 0 aromatic heterocycles. The van der Waals surface area contributed by atoms with Crippen molar-refractivity contribution in [2.45, 2.75) is 6.42 Å². The van der Waals surface area contributed by atoms with E-state index in [9.17, 15) is 0 Å². The molecule has 1 saturated heterocycles. The molecule has 3 aromatic rings. The highest BCUT2D eigenvalue weighted by atomic mass is 79.9. The second-order valence-corrected chi connectivity index (χ2v) is 9.60. The van der Waals surface area contributed by atoms with Crippen LogP contribution in [0.15, 0.2) is 76.2 Å². The van der Waals surface area contributed by atoms with Gasteiger partial charge in [0.25, 0.3) is 0 Å². The summed E-state index contributed by atoms with van der Waals surface area (Å²) in [6, 6.07) is 22.2. The molecule has 1 fully saturated rings. The van der Waals surface area contributed by atoms with Crippen LogP contribution in [0, 0.1) is 0 Å². The molecule has 34 heavy (non-hydrogen) atoms. The minimum absolute atomic E-state index is 0. The van der Waals surface area contributed by atoms with Gasteiger partial charge in [-0.2, -0.15) is 0 Å². The zero-order chi connectivity index (χ0) is 22.6. The summed E-state index contributed by atoms with van der Waals surface area (Å²) in [5.41, 5.74) is 4.05. The topological polar surface area (TPSA) is 40.1 Å². The molecule has 0 atom stereocenters. The lowest BCUT2D eigenvalue weighted by Gasteiger charge is -2.36. The number of nitrogens with one attached hydrogen (secondary N) is 1. The smallest absolute Gasteiger partial charge is 0.138 e. The normalized spacial score (nSPS) is 15.2. The molecule has 3 aromatic carbocycles. The lowest BCUT2D eigenvalue weighted by molar-refractivity contribution is 0.169. The number of nitrogens with zero attached hydrogens (tertiary/aromatic N) is 3. The van der Waals surface area contributed by atoms with Crippen molar-refractivity contribution >= 4 is 62.8 Å². The minimum Gasteiger partial charge on any atom is -0.494 e. The average molecular weight is 562 g/mol. The van der Waals surface area contributed by atoms with Gasteiger partial charge in [0.1, 0.15) is 11.6 Å². The van der Waals surface area contributed by atoms with Crippen LogP contribution in [0.3, 0.4) is 0 Å². The maximum Gasteiger partial charge on any atom is 0.138 e. The van der Waals surface area contributed by atoms with Crippen molar-refractivity contribution < 1.29 is 4.74 Å². The van der Waals surface area contributed by atoms with Crippen molar-refractivity contribution in [1.29, 1.82) is 0 Å². The molecule has 0 spiro atoms. The minimum atomic E-state index is 0. The predicted octanol–water partition coefficient (Wildman–Crippen LogP) is 6.75. The molecule has 2 aliphatic rings. The third kappa shape index (κ3) is 5.87. The maximum atomic E-state index is 6.27. The Morgan fingerprint density at radius 2 is 1.71 bits per heavy atom. The fraction of sp³-hybridized carbons (Fsp3) is 0.269. The standard InChI is InChI=1S/C26H26BrClN4O.ClH/c27-19-6-9-21(10-7-19)33-17-3-12-31-13-15-32(16-14-31)26-22-4-1-2-5-23(22)29-24-11-8-20(28)18-25(24)30-26;/h1-2,4-11,18,29H,3,12-17H2;1H. The molecule has 0 aliphatic carbocycles. The van der Waals surface area contributed by atoms with E-state index in [0.29, 0.717) is 5.02 Å². The third-order valence-corrected chi connectivity index (χ3v) is 6.76. The molecule has 178 valence electrons. The van der Waals surface area contributed by atoms with Crippen molar-refractivity contribution in [2.24, 2.45) is 4.99 Å². The Labute approximate surface area is 220 Å². The molecule has 0 radical (unpaired) electrons. The molecule has 0 unspecified atom stereocenters. The van der Waals surface area contributed by atoms with Gasteiger partial charge in [-0.05, 0) is 61.0 Å². The molecule has 8 heteroatoms. The largest absolute Gasteiger partial charge is 0.494 e. The van der Waals surface area contributed by atoms with Crippen LogP contribution < -0.4 is 10.1 Å².